The van der Waals surface area contributed by atoms with Crippen molar-refractivity contribution in [2.75, 3.05) is 0 Å². The molecule has 3 heterocycles. The molecule has 9 heteroatoms. The van der Waals surface area contributed by atoms with Crippen LogP contribution in [0.4, 0.5) is 0 Å². The van der Waals surface area contributed by atoms with E-state index >= 15 is 0 Å². The van der Waals surface area contributed by atoms with Gasteiger partial charge in [-0.25, -0.2) is 15.1 Å². The largest absolute Gasteiger partial charge is 0.272 e. The lowest BCUT2D eigenvalue weighted by Gasteiger charge is -2.09. The molecule has 0 bridgehead atoms. The molecular weight excluding hydrogens is 495 g/mol. The number of nitrogens with zero attached hydrogens (tertiary/aromatic N) is 5. The average Bonchev–Trinajstić information content (AvgIpc) is 3.17. The molecule has 0 spiro atoms. The number of aryl methyl sites for hydroxylation is 1. The van der Waals surface area contributed by atoms with Gasteiger partial charge in [0.05, 0.1) is 40.8 Å². The minimum atomic E-state index is -0.359. The SMILES string of the molecule is Cc1nn(Cc2ccc(Cl)cc2)c(Cl)c1/C=N/NC(=O)c1cc(-c2ccncc2)nc2ccccc12. The molecule has 0 saturated heterocycles. The molecule has 0 aliphatic rings. The summed E-state index contributed by atoms with van der Waals surface area (Å²) in [5, 5.41) is 10.5. The van der Waals surface area contributed by atoms with Crippen LogP contribution >= 0.6 is 23.2 Å². The number of nitrogens with one attached hydrogen (secondary N) is 1. The molecule has 178 valence electrons. The number of fused-ring (bicyclic) bond motifs is 1. The lowest BCUT2D eigenvalue weighted by molar-refractivity contribution is 0.0956. The fraction of sp³-hybridized carbons (Fsp3) is 0.0741. The van der Waals surface area contributed by atoms with Gasteiger partial charge < -0.3 is 0 Å². The summed E-state index contributed by atoms with van der Waals surface area (Å²) in [6.07, 6.45) is 4.89. The first kappa shape index (κ1) is 23.7. The fourth-order valence-electron chi connectivity index (χ4n) is 3.83. The predicted molar refractivity (Wildman–Crippen MR) is 143 cm³/mol. The molecule has 0 aliphatic carbocycles. The molecule has 0 atom stereocenters. The molecule has 2 aromatic carbocycles. The number of pyridine rings is 2. The number of carbonyl (C=O) groups is 1. The minimum absolute atomic E-state index is 0.359. The van der Waals surface area contributed by atoms with Gasteiger partial charge in [-0.2, -0.15) is 10.2 Å². The summed E-state index contributed by atoms with van der Waals surface area (Å²) in [5.41, 5.74) is 7.66. The van der Waals surface area contributed by atoms with Gasteiger partial charge in [0, 0.05) is 28.4 Å². The maximum Gasteiger partial charge on any atom is 0.272 e. The summed E-state index contributed by atoms with van der Waals surface area (Å²) in [6, 6.07) is 20.4. The summed E-state index contributed by atoms with van der Waals surface area (Å²) >= 11 is 12.5. The Bertz CT molecular complexity index is 1580. The van der Waals surface area contributed by atoms with Crippen molar-refractivity contribution in [3.05, 3.63) is 112 Å². The van der Waals surface area contributed by atoms with Gasteiger partial charge in [-0.15, -0.1) is 0 Å². The summed E-state index contributed by atoms with van der Waals surface area (Å²) in [6.45, 7) is 2.32. The number of halogens is 2. The number of carbonyl (C=O) groups excluding carboxylic acids is 1. The normalized spacial score (nSPS) is 11.3. The molecule has 36 heavy (non-hydrogen) atoms. The van der Waals surface area contributed by atoms with Crippen molar-refractivity contribution in [2.24, 2.45) is 5.10 Å². The van der Waals surface area contributed by atoms with E-state index in [2.05, 4.69) is 20.6 Å². The second kappa shape index (κ2) is 10.3. The first-order valence-corrected chi connectivity index (χ1v) is 11.9. The highest BCUT2D eigenvalue weighted by Crippen LogP contribution is 2.25. The van der Waals surface area contributed by atoms with Gasteiger partial charge in [0.1, 0.15) is 5.15 Å². The van der Waals surface area contributed by atoms with E-state index in [0.717, 1.165) is 16.5 Å². The zero-order chi connectivity index (χ0) is 25.1. The Kier molecular flexibility index (Phi) is 6.75. The maximum absolute atomic E-state index is 13.1. The van der Waals surface area contributed by atoms with Gasteiger partial charge in [0.25, 0.3) is 5.91 Å². The van der Waals surface area contributed by atoms with Crippen molar-refractivity contribution in [3.8, 4) is 11.3 Å². The summed E-state index contributed by atoms with van der Waals surface area (Å²) in [4.78, 5) is 21.9. The van der Waals surface area contributed by atoms with Crippen molar-refractivity contribution in [2.45, 2.75) is 13.5 Å². The van der Waals surface area contributed by atoms with E-state index in [4.69, 9.17) is 28.2 Å². The van der Waals surface area contributed by atoms with Crippen LogP contribution in [0.15, 0.2) is 84.2 Å². The first-order valence-electron chi connectivity index (χ1n) is 11.1. The van der Waals surface area contributed by atoms with Gasteiger partial charge in [0.2, 0.25) is 0 Å². The van der Waals surface area contributed by atoms with Gasteiger partial charge in [-0.3, -0.25) is 9.78 Å². The lowest BCUT2D eigenvalue weighted by Crippen LogP contribution is -2.18. The number of benzene rings is 2. The third-order valence-electron chi connectivity index (χ3n) is 5.65. The van der Waals surface area contributed by atoms with Gasteiger partial charge in [-0.1, -0.05) is 53.5 Å². The number of para-hydroxylation sites is 1. The molecule has 0 aliphatic heterocycles. The van der Waals surface area contributed by atoms with E-state index in [1.54, 1.807) is 23.1 Å². The van der Waals surface area contributed by atoms with Crippen LogP contribution in [-0.2, 0) is 6.54 Å². The Morgan fingerprint density at radius 2 is 1.81 bits per heavy atom. The Labute approximate surface area is 217 Å². The monoisotopic (exact) mass is 514 g/mol. The predicted octanol–water partition coefficient (Wildman–Crippen LogP) is 5.92. The Morgan fingerprint density at radius 3 is 2.58 bits per heavy atom. The molecule has 0 fully saturated rings. The number of hydrogen-bond donors (Lipinski definition) is 1. The fourth-order valence-corrected chi connectivity index (χ4v) is 4.24. The Hall–Kier alpha value is -4.07. The van der Waals surface area contributed by atoms with Crippen molar-refractivity contribution < 1.29 is 4.79 Å². The molecule has 5 rings (SSSR count). The molecule has 1 N–H and O–H groups in total. The van der Waals surface area contributed by atoms with E-state index in [0.29, 0.717) is 44.8 Å². The van der Waals surface area contributed by atoms with E-state index < -0.39 is 0 Å². The van der Waals surface area contributed by atoms with Crippen LogP contribution in [0.2, 0.25) is 10.2 Å². The Morgan fingerprint density at radius 1 is 1.06 bits per heavy atom. The first-order chi connectivity index (χ1) is 17.5. The van der Waals surface area contributed by atoms with Crippen molar-refractivity contribution in [1.29, 1.82) is 0 Å². The number of hydrazone groups is 1. The summed E-state index contributed by atoms with van der Waals surface area (Å²) < 4.78 is 1.68. The van der Waals surface area contributed by atoms with Crippen LogP contribution in [-0.4, -0.2) is 31.9 Å². The van der Waals surface area contributed by atoms with E-state index in [1.165, 1.54) is 6.21 Å². The van der Waals surface area contributed by atoms with Crippen LogP contribution < -0.4 is 5.43 Å². The molecule has 3 aromatic heterocycles. The number of aromatic nitrogens is 4. The van der Waals surface area contributed by atoms with Crippen LogP contribution in [0.5, 0.6) is 0 Å². The number of rotatable bonds is 6. The molecule has 0 saturated carbocycles. The van der Waals surface area contributed by atoms with Crippen molar-refractivity contribution in [3.63, 3.8) is 0 Å². The van der Waals surface area contributed by atoms with Crippen LogP contribution in [0, 0.1) is 6.92 Å². The quantitative estimate of drug-likeness (QED) is 0.225. The van der Waals surface area contributed by atoms with Crippen LogP contribution in [0.1, 0.15) is 27.2 Å². The van der Waals surface area contributed by atoms with E-state index in [9.17, 15) is 4.79 Å². The molecule has 0 radical (unpaired) electrons. The van der Waals surface area contributed by atoms with E-state index in [1.807, 2.05) is 67.6 Å². The molecule has 0 unspecified atom stereocenters. The van der Waals surface area contributed by atoms with E-state index in [-0.39, 0.29) is 5.91 Å². The minimum Gasteiger partial charge on any atom is -0.267 e. The highest BCUT2D eigenvalue weighted by Gasteiger charge is 2.15. The number of hydrogen-bond acceptors (Lipinski definition) is 5. The van der Waals surface area contributed by atoms with Crippen molar-refractivity contribution >= 4 is 46.2 Å². The van der Waals surface area contributed by atoms with Crippen LogP contribution in [0.25, 0.3) is 22.2 Å². The zero-order valence-electron chi connectivity index (χ0n) is 19.2. The van der Waals surface area contributed by atoms with Crippen molar-refractivity contribution in [1.82, 2.24) is 25.2 Å². The molecule has 7 nitrogen and oxygen atoms in total. The van der Waals surface area contributed by atoms with Gasteiger partial charge >= 0.3 is 0 Å². The maximum atomic E-state index is 13.1. The smallest absolute Gasteiger partial charge is 0.267 e. The standard InChI is InChI=1S/C27H20Cl2N6O/c1-17-23(26(29)35(34-17)16-18-6-8-20(28)9-7-18)15-31-33-27(36)22-14-25(19-10-12-30-13-11-19)32-24-5-3-2-4-21(22)24/h2-15H,16H2,1H3,(H,33,36)/b31-15+. The zero-order valence-corrected chi connectivity index (χ0v) is 20.7. The summed E-state index contributed by atoms with van der Waals surface area (Å²) in [5.74, 6) is -0.359. The number of amides is 1. The highest BCUT2D eigenvalue weighted by atomic mass is 35.5. The Balaban J connectivity index is 1.39. The molecular formula is C27H20Cl2N6O. The van der Waals surface area contributed by atoms with Gasteiger partial charge in [-0.05, 0) is 48.9 Å². The average molecular weight is 515 g/mol. The third kappa shape index (κ3) is 4.98. The lowest BCUT2D eigenvalue weighted by atomic mass is 10.0. The topological polar surface area (TPSA) is 85.1 Å². The second-order valence-electron chi connectivity index (χ2n) is 8.08. The summed E-state index contributed by atoms with van der Waals surface area (Å²) in [7, 11) is 0. The third-order valence-corrected chi connectivity index (χ3v) is 6.30. The molecule has 5 aromatic rings. The highest BCUT2D eigenvalue weighted by molar-refractivity contribution is 6.32. The van der Waals surface area contributed by atoms with Gasteiger partial charge in [0.15, 0.2) is 0 Å². The second-order valence-corrected chi connectivity index (χ2v) is 8.88. The molecule has 1 amide bonds. The van der Waals surface area contributed by atoms with Crippen LogP contribution in [0.3, 0.4) is 0 Å².